The van der Waals surface area contributed by atoms with E-state index in [1.807, 2.05) is 29.2 Å². The van der Waals surface area contributed by atoms with Gasteiger partial charge in [-0.3, -0.25) is 4.79 Å². The van der Waals surface area contributed by atoms with Gasteiger partial charge in [-0.2, -0.15) is 11.3 Å². The third-order valence-electron chi connectivity index (χ3n) is 4.24. The van der Waals surface area contributed by atoms with Gasteiger partial charge in [0.25, 0.3) is 5.91 Å². The zero-order valence-corrected chi connectivity index (χ0v) is 13.7. The lowest BCUT2D eigenvalue weighted by Gasteiger charge is -2.21. The second-order valence-corrected chi connectivity index (χ2v) is 6.71. The summed E-state index contributed by atoms with van der Waals surface area (Å²) in [4.78, 5) is 18.2. The van der Waals surface area contributed by atoms with Gasteiger partial charge in [0.1, 0.15) is 11.4 Å². The number of hydrogen-bond donors (Lipinski definition) is 1. The molecule has 1 fully saturated rings. The number of aromatic amines is 1. The summed E-state index contributed by atoms with van der Waals surface area (Å²) < 4.78 is 5.24. The molecule has 0 spiro atoms. The minimum absolute atomic E-state index is 0.0777. The topological polar surface area (TPSA) is 45.3 Å². The molecular formula is C18H18N2O2S. The Labute approximate surface area is 138 Å². The number of rotatable bonds is 5. The van der Waals surface area contributed by atoms with E-state index in [0.717, 1.165) is 29.5 Å². The third-order valence-corrected chi connectivity index (χ3v) is 4.97. The van der Waals surface area contributed by atoms with Gasteiger partial charge in [0.2, 0.25) is 0 Å². The van der Waals surface area contributed by atoms with Gasteiger partial charge in [-0.25, -0.2) is 0 Å². The Morgan fingerprint density at radius 1 is 1.35 bits per heavy atom. The number of nitrogens with one attached hydrogen (secondary N) is 1. The molecule has 3 aromatic rings. The molecule has 0 unspecified atom stereocenters. The van der Waals surface area contributed by atoms with Crippen LogP contribution in [0.2, 0.25) is 0 Å². The van der Waals surface area contributed by atoms with Crippen molar-refractivity contribution in [2.45, 2.75) is 25.4 Å². The molecular weight excluding hydrogens is 308 g/mol. The molecule has 0 aliphatic heterocycles. The SMILES string of the molecule is COc1ccc2cc(C(=O)N(Cc3ccsc3)C3CC3)[nH]c2c1. The number of methoxy groups -OCH3 is 1. The van der Waals surface area contributed by atoms with E-state index in [0.29, 0.717) is 18.3 Å². The molecule has 1 aliphatic carbocycles. The number of hydrogen-bond acceptors (Lipinski definition) is 3. The van der Waals surface area contributed by atoms with Crippen LogP contribution in [0.5, 0.6) is 5.75 Å². The molecule has 23 heavy (non-hydrogen) atoms. The highest BCUT2D eigenvalue weighted by Gasteiger charge is 2.33. The van der Waals surface area contributed by atoms with Crippen LogP contribution in [0.15, 0.2) is 41.1 Å². The molecule has 118 valence electrons. The molecule has 0 atom stereocenters. The Kier molecular flexibility index (Phi) is 3.58. The van der Waals surface area contributed by atoms with Gasteiger partial charge in [-0.1, -0.05) is 0 Å². The highest BCUT2D eigenvalue weighted by molar-refractivity contribution is 7.07. The van der Waals surface area contributed by atoms with Crippen LogP contribution >= 0.6 is 11.3 Å². The van der Waals surface area contributed by atoms with E-state index in [1.54, 1.807) is 18.4 Å². The molecule has 1 aliphatic rings. The summed E-state index contributed by atoms with van der Waals surface area (Å²) in [7, 11) is 1.64. The fraction of sp³-hybridized carbons (Fsp3) is 0.278. The molecule has 1 N–H and O–H groups in total. The minimum atomic E-state index is 0.0777. The normalized spacial score (nSPS) is 14.1. The molecule has 5 heteroatoms. The van der Waals surface area contributed by atoms with Crippen molar-refractivity contribution >= 4 is 28.1 Å². The van der Waals surface area contributed by atoms with Crippen LogP contribution in [0, 0.1) is 0 Å². The Morgan fingerprint density at radius 2 is 2.22 bits per heavy atom. The van der Waals surface area contributed by atoms with Crippen LogP contribution < -0.4 is 4.74 Å². The van der Waals surface area contributed by atoms with Gasteiger partial charge in [0, 0.05) is 29.6 Å². The first-order valence-corrected chi connectivity index (χ1v) is 8.67. The fourth-order valence-corrected chi connectivity index (χ4v) is 3.50. The lowest BCUT2D eigenvalue weighted by molar-refractivity contribution is 0.0725. The maximum atomic E-state index is 12.9. The van der Waals surface area contributed by atoms with Crippen molar-refractivity contribution < 1.29 is 9.53 Å². The van der Waals surface area contributed by atoms with Crippen molar-refractivity contribution in [1.29, 1.82) is 0 Å². The largest absolute Gasteiger partial charge is 0.497 e. The first-order valence-electron chi connectivity index (χ1n) is 7.73. The molecule has 1 saturated carbocycles. The van der Waals surface area contributed by atoms with E-state index in [9.17, 15) is 4.79 Å². The van der Waals surface area contributed by atoms with Crippen molar-refractivity contribution in [3.8, 4) is 5.75 Å². The average molecular weight is 326 g/mol. The van der Waals surface area contributed by atoms with E-state index in [-0.39, 0.29) is 5.91 Å². The van der Waals surface area contributed by atoms with E-state index in [1.165, 1.54) is 5.56 Å². The zero-order valence-electron chi connectivity index (χ0n) is 12.9. The Morgan fingerprint density at radius 3 is 2.91 bits per heavy atom. The van der Waals surface area contributed by atoms with Gasteiger partial charge >= 0.3 is 0 Å². The van der Waals surface area contributed by atoms with Crippen LogP contribution in [0.1, 0.15) is 28.9 Å². The molecule has 1 aromatic carbocycles. The first-order chi connectivity index (χ1) is 11.2. The molecule has 4 nitrogen and oxygen atoms in total. The lowest BCUT2D eigenvalue weighted by Crippen LogP contribution is -2.32. The van der Waals surface area contributed by atoms with Crippen molar-refractivity contribution in [3.05, 3.63) is 52.3 Å². The van der Waals surface area contributed by atoms with Gasteiger partial charge in [0.15, 0.2) is 0 Å². The lowest BCUT2D eigenvalue weighted by atomic mass is 10.2. The van der Waals surface area contributed by atoms with Crippen LogP contribution in [-0.4, -0.2) is 28.9 Å². The molecule has 2 heterocycles. The van der Waals surface area contributed by atoms with E-state index < -0.39 is 0 Å². The van der Waals surface area contributed by atoms with Crippen LogP contribution in [0.25, 0.3) is 10.9 Å². The number of benzene rings is 1. The van der Waals surface area contributed by atoms with Crippen molar-refractivity contribution in [2.75, 3.05) is 7.11 Å². The number of amides is 1. The van der Waals surface area contributed by atoms with Gasteiger partial charge in [-0.15, -0.1) is 0 Å². The Bertz CT molecular complexity index is 834. The van der Waals surface area contributed by atoms with Gasteiger partial charge < -0.3 is 14.6 Å². The highest BCUT2D eigenvalue weighted by atomic mass is 32.1. The van der Waals surface area contributed by atoms with E-state index in [4.69, 9.17) is 4.74 Å². The summed E-state index contributed by atoms with van der Waals surface area (Å²) >= 11 is 1.67. The quantitative estimate of drug-likeness (QED) is 0.769. The monoisotopic (exact) mass is 326 g/mol. The van der Waals surface area contributed by atoms with Crippen LogP contribution in [-0.2, 0) is 6.54 Å². The summed E-state index contributed by atoms with van der Waals surface area (Å²) in [5, 5.41) is 5.19. The maximum absolute atomic E-state index is 12.9. The number of aromatic nitrogens is 1. The summed E-state index contributed by atoms with van der Waals surface area (Å²) in [6.07, 6.45) is 2.20. The third kappa shape index (κ3) is 2.84. The Balaban J connectivity index is 1.63. The second-order valence-electron chi connectivity index (χ2n) is 5.93. The molecule has 0 radical (unpaired) electrons. The molecule has 0 saturated heterocycles. The highest BCUT2D eigenvalue weighted by Crippen LogP contribution is 2.31. The van der Waals surface area contributed by atoms with Crippen molar-refractivity contribution in [1.82, 2.24) is 9.88 Å². The minimum Gasteiger partial charge on any atom is -0.497 e. The molecule has 0 bridgehead atoms. The number of fused-ring (bicyclic) bond motifs is 1. The zero-order chi connectivity index (χ0) is 15.8. The number of H-pyrrole nitrogens is 1. The average Bonchev–Trinajstić information content (AvgIpc) is 3.11. The first kappa shape index (κ1) is 14.3. The maximum Gasteiger partial charge on any atom is 0.270 e. The van der Waals surface area contributed by atoms with E-state index >= 15 is 0 Å². The number of carbonyl (C=O) groups is 1. The molecule has 1 amide bonds. The fourth-order valence-electron chi connectivity index (χ4n) is 2.84. The standard InChI is InChI=1S/C18H18N2O2S/c1-22-15-5-2-13-8-17(19-16(13)9-15)18(21)20(14-3-4-14)10-12-6-7-23-11-12/h2,5-9,11,14,19H,3-4,10H2,1H3. The summed E-state index contributed by atoms with van der Waals surface area (Å²) in [5.74, 6) is 0.865. The molecule has 4 rings (SSSR count). The van der Waals surface area contributed by atoms with Crippen LogP contribution in [0.3, 0.4) is 0 Å². The summed E-state index contributed by atoms with van der Waals surface area (Å²) in [6, 6.07) is 10.2. The Hall–Kier alpha value is -2.27. The predicted octanol–water partition coefficient (Wildman–Crippen LogP) is 4.04. The van der Waals surface area contributed by atoms with Crippen molar-refractivity contribution in [3.63, 3.8) is 0 Å². The van der Waals surface area contributed by atoms with Gasteiger partial charge in [0.05, 0.1) is 7.11 Å². The number of thiophene rings is 1. The predicted molar refractivity (Wildman–Crippen MR) is 92.1 cm³/mol. The second kappa shape index (κ2) is 5.74. The van der Waals surface area contributed by atoms with Crippen LogP contribution in [0.4, 0.5) is 0 Å². The number of carbonyl (C=O) groups excluding carboxylic acids is 1. The van der Waals surface area contributed by atoms with Crippen molar-refractivity contribution in [2.24, 2.45) is 0 Å². The molecule has 2 aromatic heterocycles. The summed E-state index contributed by atoms with van der Waals surface area (Å²) in [6.45, 7) is 0.686. The smallest absolute Gasteiger partial charge is 0.270 e. The van der Waals surface area contributed by atoms with Gasteiger partial charge in [-0.05, 0) is 53.4 Å². The number of nitrogens with zero attached hydrogens (tertiary/aromatic N) is 1. The summed E-state index contributed by atoms with van der Waals surface area (Å²) in [5.41, 5.74) is 2.78. The number of ether oxygens (including phenoxy) is 1. The van der Waals surface area contributed by atoms with E-state index in [2.05, 4.69) is 21.8 Å².